The van der Waals surface area contributed by atoms with Crippen molar-refractivity contribution in [3.63, 3.8) is 0 Å². The second kappa shape index (κ2) is 11.3. The zero-order valence-corrected chi connectivity index (χ0v) is 22.4. The van der Waals surface area contributed by atoms with Crippen LogP contribution in [-0.4, -0.2) is 73.8 Å². The number of nitrogens with zero attached hydrogens (tertiary/aromatic N) is 4. The van der Waals surface area contributed by atoms with Crippen LogP contribution in [-0.2, 0) is 9.47 Å². The van der Waals surface area contributed by atoms with E-state index in [4.69, 9.17) is 18.6 Å². The fourth-order valence-corrected chi connectivity index (χ4v) is 5.04. The van der Waals surface area contributed by atoms with Crippen molar-refractivity contribution in [3.05, 3.63) is 78.3 Å². The minimum Gasteiger partial charge on any atom is -0.463 e. The number of amides is 3. The summed E-state index contributed by atoms with van der Waals surface area (Å²) in [6.07, 6.45) is 4.36. The highest BCUT2D eigenvalue weighted by Crippen LogP contribution is 2.36. The fourth-order valence-electron chi connectivity index (χ4n) is 5.04. The molecule has 0 unspecified atom stereocenters. The van der Waals surface area contributed by atoms with Crippen LogP contribution in [0.4, 0.5) is 16.2 Å². The lowest BCUT2D eigenvalue weighted by molar-refractivity contribution is 0.0527. The topological polar surface area (TPSA) is 115 Å². The average Bonchev–Trinajstić information content (AvgIpc) is 3.44. The van der Waals surface area contributed by atoms with Gasteiger partial charge in [0.1, 0.15) is 34.5 Å². The second-order valence-corrected chi connectivity index (χ2v) is 9.48. The molecule has 1 saturated heterocycles. The molecule has 11 heteroatoms. The maximum atomic E-state index is 13.9. The van der Waals surface area contributed by atoms with E-state index in [9.17, 15) is 14.4 Å². The van der Waals surface area contributed by atoms with Crippen molar-refractivity contribution in [1.29, 1.82) is 0 Å². The van der Waals surface area contributed by atoms with E-state index in [-0.39, 0.29) is 24.1 Å². The van der Waals surface area contributed by atoms with Gasteiger partial charge in [0.05, 0.1) is 31.2 Å². The number of hydrogen-bond donors (Lipinski definition) is 0. The first-order chi connectivity index (χ1) is 20.0. The molecule has 6 rings (SSSR count). The van der Waals surface area contributed by atoms with E-state index in [2.05, 4.69) is 4.98 Å². The zero-order chi connectivity index (χ0) is 28.3. The summed E-state index contributed by atoms with van der Waals surface area (Å²) in [5.41, 5.74) is 2.34. The molecule has 210 valence electrons. The minimum atomic E-state index is -0.493. The number of ether oxygens (including phenoxy) is 3. The van der Waals surface area contributed by atoms with E-state index in [1.807, 2.05) is 24.3 Å². The number of benzene rings is 2. The molecule has 4 aromatic rings. The predicted molar refractivity (Wildman–Crippen MR) is 150 cm³/mol. The monoisotopic (exact) mass is 556 g/mol. The molecule has 3 amide bonds. The Kier molecular flexibility index (Phi) is 7.26. The van der Waals surface area contributed by atoms with E-state index in [0.717, 1.165) is 0 Å². The van der Waals surface area contributed by atoms with Gasteiger partial charge in [-0.3, -0.25) is 14.7 Å². The number of rotatable bonds is 5. The zero-order valence-electron chi connectivity index (χ0n) is 22.4. The highest BCUT2D eigenvalue weighted by molar-refractivity contribution is 6.11. The number of hydrogen-bond acceptors (Lipinski definition) is 8. The van der Waals surface area contributed by atoms with Gasteiger partial charge in [0, 0.05) is 44.0 Å². The first-order valence-corrected chi connectivity index (χ1v) is 13.4. The Balaban J connectivity index is 1.27. The first kappa shape index (κ1) is 26.3. The number of esters is 1. The van der Waals surface area contributed by atoms with Crippen molar-refractivity contribution in [2.45, 2.75) is 6.92 Å². The molecule has 2 aliphatic heterocycles. The minimum absolute atomic E-state index is 0.102. The maximum absolute atomic E-state index is 13.9. The van der Waals surface area contributed by atoms with E-state index >= 15 is 0 Å². The van der Waals surface area contributed by atoms with Crippen molar-refractivity contribution in [3.8, 4) is 11.5 Å². The van der Waals surface area contributed by atoms with Gasteiger partial charge in [-0.15, -0.1) is 0 Å². The van der Waals surface area contributed by atoms with Gasteiger partial charge in [-0.2, -0.15) is 0 Å². The molecule has 2 aliphatic rings. The summed E-state index contributed by atoms with van der Waals surface area (Å²) in [6.45, 7) is 4.68. The Labute approximate surface area is 235 Å². The number of urea groups is 1. The van der Waals surface area contributed by atoms with Crippen molar-refractivity contribution in [1.82, 2.24) is 9.88 Å². The molecule has 2 aromatic heterocycles. The van der Waals surface area contributed by atoms with Gasteiger partial charge in [-0.1, -0.05) is 12.1 Å². The third-order valence-corrected chi connectivity index (χ3v) is 7.05. The molecular formula is C30H28N4O7. The molecule has 0 saturated carbocycles. The van der Waals surface area contributed by atoms with Crippen LogP contribution in [0.2, 0.25) is 0 Å². The van der Waals surface area contributed by atoms with Crippen LogP contribution in [0.25, 0.3) is 11.0 Å². The van der Waals surface area contributed by atoms with Crippen LogP contribution >= 0.6 is 0 Å². The van der Waals surface area contributed by atoms with Gasteiger partial charge < -0.3 is 28.4 Å². The summed E-state index contributed by atoms with van der Waals surface area (Å²) in [7, 11) is 0. The Morgan fingerprint density at radius 1 is 0.927 bits per heavy atom. The SMILES string of the molecule is CCOC(=O)c1coc2ccc(Oc3ccncc3C(=O)N3CCN(C(=O)N4CCOCC4)c4ccccc43)cc12. The lowest BCUT2D eigenvalue weighted by Gasteiger charge is -2.39. The maximum Gasteiger partial charge on any atom is 0.342 e. The normalized spacial score (nSPS) is 15.0. The van der Waals surface area contributed by atoms with Crippen LogP contribution < -0.4 is 14.5 Å². The standard InChI is InChI=1S/C30H28N4O7/c1-2-39-29(36)23-19-40-26-8-7-20(17-21(23)26)41-27-9-10-31-18-22(27)28(35)33-11-12-34(25-6-4-3-5-24(25)33)30(37)32-13-15-38-16-14-32/h3-10,17-19H,2,11-16H2,1H3. The Morgan fingerprint density at radius 3 is 2.46 bits per heavy atom. The highest BCUT2D eigenvalue weighted by atomic mass is 16.5. The van der Waals surface area contributed by atoms with E-state index in [1.54, 1.807) is 52.1 Å². The summed E-state index contributed by atoms with van der Waals surface area (Å²) >= 11 is 0. The summed E-state index contributed by atoms with van der Waals surface area (Å²) in [5.74, 6) is -0.0930. The summed E-state index contributed by atoms with van der Waals surface area (Å²) < 4.78 is 22.2. The molecular weight excluding hydrogens is 528 g/mol. The average molecular weight is 557 g/mol. The number of para-hydroxylation sites is 2. The molecule has 0 atom stereocenters. The van der Waals surface area contributed by atoms with Gasteiger partial charge in [0.2, 0.25) is 0 Å². The quantitative estimate of drug-likeness (QED) is 0.325. The molecule has 41 heavy (non-hydrogen) atoms. The smallest absolute Gasteiger partial charge is 0.342 e. The molecule has 0 bridgehead atoms. The third kappa shape index (κ3) is 5.07. The largest absolute Gasteiger partial charge is 0.463 e. The number of carbonyl (C=O) groups is 3. The molecule has 0 N–H and O–H groups in total. The molecule has 0 radical (unpaired) electrons. The van der Waals surface area contributed by atoms with Gasteiger partial charge in [-0.25, -0.2) is 9.59 Å². The predicted octanol–water partition coefficient (Wildman–Crippen LogP) is 4.72. The lowest BCUT2D eigenvalue weighted by Crippen LogP contribution is -2.53. The molecule has 11 nitrogen and oxygen atoms in total. The summed E-state index contributed by atoms with van der Waals surface area (Å²) in [4.78, 5) is 48.9. The van der Waals surface area contributed by atoms with Crippen LogP contribution in [0.5, 0.6) is 11.5 Å². The number of furan rings is 1. The van der Waals surface area contributed by atoms with Crippen molar-refractivity contribution in [2.75, 3.05) is 55.8 Å². The molecule has 2 aromatic carbocycles. The summed E-state index contributed by atoms with van der Waals surface area (Å²) in [5, 5.41) is 0.540. The number of pyridine rings is 1. The number of aromatic nitrogens is 1. The Bertz CT molecular complexity index is 1610. The number of morpholine rings is 1. The first-order valence-electron chi connectivity index (χ1n) is 13.4. The van der Waals surface area contributed by atoms with Gasteiger partial charge in [0.15, 0.2) is 0 Å². The lowest BCUT2D eigenvalue weighted by atomic mass is 10.1. The van der Waals surface area contributed by atoms with Crippen LogP contribution in [0.3, 0.4) is 0 Å². The number of carbonyl (C=O) groups excluding carboxylic acids is 3. The molecule has 4 heterocycles. The van der Waals surface area contributed by atoms with Gasteiger partial charge in [0.25, 0.3) is 5.91 Å². The van der Waals surface area contributed by atoms with Crippen molar-refractivity contribution < 1.29 is 33.0 Å². The van der Waals surface area contributed by atoms with E-state index < -0.39 is 5.97 Å². The summed E-state index contributed by atoms with van der Waals surface area (Å²) in [6, 6.07) is 13.9. The molecule has 0 aliphatic carbocycles. The van der Waals surface area contributed by atoms with Crippen LogP contribution in [0, 0.1) is 0 Å². The van der Waals surface area contributed by atoms with Gasteiger partial charge >= 0.3 is 12.0 Å². The number of anilines is 2. The highest BCUT2D eigenvalue weighted by Gasteiger charge is 2.34. The molecule has 0 spiro atoms. The third-order valence-electron chi connectivity index (χ3n) is 7.05. The fraction of sp³-hybridized carbons (Fsp3) is 0.267. The van der Waals surface area contributed by atoms with E-state index in [1.165, 1.54) is 12.5 Å². The Hall–Kier alpha value is -4.90. The van der Waals surface area contributed by atoms with Gasteiger partial charge in [-0.05, 0) is 43.3 Å². The number of fused-ring (bicyclic) bond motifs is 2. The van der Waals surface area contributed by atoms with Crippen molar-refractivity contribution in [2.24, 2.45) is 0 Å². The van der Waals surface area contributed by atoms with Crippen LogP contribution in [0.1, 0.15) is 27.6 Å². The molecule has 1 fully saturated rings. The van der Waals surface area contributed by atoms with Crippen molar-refractivity contribution >= 4 is 40.3 Å². The second-order valence-electron chi connectivity index (χ2n) is 9.48. The Morgan fingerprint density at radius 2 is 1.68 bits per heavy atom. The van der Waals surface area contributed by atoms with E-state index in [0.29, 0.717) is 78.8 Å². The van der Waals surface area contributed by atoms with Crippen LogP contribution in [0.15, 0.2) is 71.6 Å².